The van der Waals surface area contributed by atoms with Crippen LogP contribution in [0.5, 0.6) is 0 Å². The molecule has 0 N–H and O–H groups in total. The predicted octanol–water partition coefficient (Wildman–Crippen LogP) is 7.59. The van der Waals surface area contributed by atoms with Gasteiger partial charge in [0.25, 0.3) is 0 Å². The van der Waals surface area contributed by atoms with Gasteiger partial charge in [0.15, 0.2) is 0 Å². The highest BCUT2D eigenvalue weighted by Crippen LogP contribution is 2.06. The maximum Gasteiger partial charge on any atom is 0.331 e. The van der Waals surface area contributed by atoms with Crippen LogP contribution in [0, 0.1) is 0 Å². The van der Waals surface area contributed by atoms with Crippen LogP contribution in [0.15, 0.2) is 47.6 Å². The summed E-state index contributed by atoms with van der Waals surface area (Å²) >= 11 is 0. The van der Waals surface area contributed by atoms with Crippen LogP contribution in [0.25, 0.3) is 0 Å². The van der Waals surface area contributed by atoms with Gasteiger partial charge in [-0.05, 0) is 59.5 Å². The smallest absolute Gasteiger partial charge is 0.331 e. The number of esters is 3. The number of ether oxygens (including phenoxy) is 3. The number of hydrogen-bond donors (Lipinski definition) is 0. The van der Waals surface area contributed by atoms with E-state index in [1.807, 2.05) is 6.08 Å². The highest BCUT2D eigenvalue weighted by molar-refractivity contribution is 5.91. The van der Waals surface area contributed by atoms with Crippen molar-refractivity contribution in [1.82, 2.24) is 0 Å². The van der Waals surface area contributed by atoms with Gasteiger partial charge in [-0.2, -0.15) is 0 Å². The molecule has 36 heavy (non-hydrogen) atoms. The largest absolute Gasteiger partial charge is 0.463 e. The van der Waals surface area contributed by atoms with E-state index in [0.717, 1.165) is 76.4 Å². The summed E-state index contributed by atoms with van der Waals surface area (Å²) in [6, 6.07) is 0. The topological polar surface area (TPSA) is 78.9 Å². The summed E-state index contributed by atoms with van der Waals surface area (Å²) in [5.41, 5.74) is 2.60. The Labute approximate surface area is 219 Å². The van der Waals surface area contributed by atoms with Crippen LogP contribution in [0.1, 0.15) is 106 Å². The van der Waals surface area contributed by atoms with E-state index in [1.165, 1.54) is 17.2 Å². The second-order valence-electron chi connectivity index (χ2n) is 8.79. The van der Waals surface area contributed by atoms with Gasteiger partial charge in [-0.25, -0.2) is 14.4 Å². The van der Waals surface area contributed by atoms with Crippen molar-refractivity contribution >= 4 is 17.9 Å². The van der Waals surface area contributed by atoms with E-state index in [1.54, 1.807) is 13.0 Å². The fourth-order valence-corrected chi connectivity index (χ4v) is 2.78. The molecule has 0 atom stereocenters. The van der Waals surface area contributed by atoms with Crippen LogP contribution in [0.4, 0.5) is 0 Å². The van der Waals surface area contributed by atoms with Crippen molar-refractivity contribution in [2.75, 3.05) is 19.8 Å². The molecule has 206 valence electrons. The molecule has 0 rings (SSSR count). The Kier molecular flexibility index (Phi) is 26.6. The number of allylic oxidation sites excluding steroid dienone is 4. The van der Waals surface area contributed by atoms with E-state index in [2.05, 4.69) is 40.7 Å². The predicted molar refractivity (Wildman–Crippen MR) is 148 cm³/mol. The van der Waals surface area contributed by atoms with Gasteiger partial charge in [-0.3, -0.25) is 0 Å². The van der Waals surface area contributed by atoms with Crippen molar-refractivity contribution in [2.45, 2.75) is 106 Å². The second-order valence-corrected chi connectivity index (χ2v) is 8.79. The lowest BCUT2D eigenvalue weighted by Gasteiger charge is -2.02. The molecule has 0 heterocycles. The first-order valence-corrected chi connectivity index (χ1v) is 13.4. The molecule has 0 aliphatic carbocycles. The highest BCUT2D eigenvalue weighted by Gasteiger charge is 2.01. The van der Waals surface area contributed by atoms with E-state index >= 15 is 0 Å². The summed E-state index contributed by atoms with van der Waals surface area (Å²) in [6.45, 7) is 13.5. The van der Waals surface area contributed by atoms with Crippen LogP contribution in [-0.4, -0.2) is 37.7 Å². The molecule has 0 spiro atoms. The average Bonchev–Trinajstić information content (AvgIpc) is 2.83. The minimum atomic E-state index is -0.482. The number of hydrogen-bond acceptors (Lipinski definition) is 6. The summed E-state index contributed by atoms with van der Waals surface area (Å²) in [6.07, 6.45) is 20.1. The third kappa shape index (κ3) is 29.4. The molecule has 6 heteroatoms. The van der Waals surface area contributed by atoms with Crippen molar-refractivity contribution in [2.24, 2.45) is 0 Å². The van der Waals surface area contributed by atoms with E-state index in [9.17, 15) is 14.4 Å². The molecule has 0 aromatic carbocycles. The highest BCUT2D eigenvalue weighted by atomic mass is 16.5. The standard InChI is InChI=1S/C16H28O4.C14H22O2/c1-3-5-7-9-13-19-15(17)11-12-16(18)20-14-10-8-6-4-2;1-5-7-14(15)16-11-10-13(4)9-6-8-12(2)3/h11-12H,3-10,13-14H2,1-2H3;5,7-8,10H,6,9,11H2,1-4H3/b12-11+;7-5+,13-10+. The van der Waals surface area contributed by atoms with E-state index in [4.69, 9.17) is 14.2 Å². The Hall–Kier alpha value is -2.63. The zero-order valence-corrected chi connectivity index (χ0v) is 23.6. The average molecular weight is 507 g/mol. The molecule has 0 aromatic heterocycles. The van der Waals surface area contributed by atoms with Crippen molar-refractivity contribution < 1.29 is 28.6 Å². The lowest BCUT2D eigenvalue weighted by atomic mass is 10.1. The van der Waals surface area contributed by atoms with Gasteiger partial charge in [0.05, 0.1) is 13.2 Å². The maximum absolute atomic E-state index is 11.3. The van der Waals surface area contributed by atoms with Gasteiger partial charge >= 0.3 is 17.9 Å². The molecular formula is C30H50O6. The zero-order valence-electron chi connectivity index (χ0n) is 23.6. The SMILES string of the molecule is C/C=C/C(=O)OC/C=C(\C)CCC=C(C)C.CCCCCCOC(=O)/C=C/C(=O)OCCCCCC. The lowest BCUT2D eigenvalue weighted by molar-refractivity contribution is -0.140. The van der Waals surface area contributed by atoms with Crippen molar-refractivity contribution in [3.63, 3.8) is 0 Å². The summed E-state index contributed by atoms with van der Waals surface area (Å²) in [5.74, 6) is -1.25. The van der Waals surface area contributed by atoms with Gasteiger partial charge in [-0.15, -0.1) is 0 Å². The first-order chi connectivity index (χ1) is 17.3. The fourth-order valence-electron chi connectivity index (χ4n) is 2.78. The first kappa shape index (κ1) is 35.5. The molecule has 0 radical (unpaired) electrons. The van der Waals surface area contributed by atoms with Gasteiger partial charge in [0, 0.05) is 18.2 Å². The zero-order chi connectivity index (χ0) is 27.4. The van der Waals surface area contributed by atoms with Crippen molar-refractivity contribution in [1.29, 1.82) is 0 Å². The molecule has 0 aromatic rings. The summed E-state index contributed by atoms with van der Waals surface area (Å²) in [4.78, 5) is 33.5. The fraction of sp³-hybridized carbons (Fsp3) is 0.633. The third-order valence-corrected chi connectivity index (χ3v) is 4.89. The minimum Gasteiger partial charge on any atom is -0.463 e. The van der Waals surface area contributed by atoms with E-state index in [-0.39, 0.29) is 5.97 Å². The molecule has 0 aliphatic heterocycles. The van der Waals surface area contributed by atoms with Gasteiger partial charge < -0.3 is 14.2 Å². The van der Waals surface area contributed by atoms with Gasteiger partial charge in [0.2, 0.25) is 0 Å². The molecule has 0 unspecified atom stereocenters. The molecule has 0 bridgehead atoms. The Balaban J connectivity index is 0. The Morgan fingerprint density at radius 2 is 1.14 bits per heavy atom. The lowest BCUT2D eigenvalue weighted by Crippen LogP contribution is -2.06. The second kappa shape index (κ2) is 27.0. The number of rotatable bonds is 18. The van der Waals surface area contributed by atoms with E-state index in [0.29, 0.717) is 19.8 Å². The van der Waals surface area contributed by atoms with Crippen LogP contribution < -0.4 is 0 Å². The summed E-state index contributed by atoms with van der Waals surface area (Å²) < 4.78 is 14.9. The molecular weight excluding hydrogens is 456 g/mol. The molecule has 0 amide bonds. The molecule has 6 nitrogen and oxygen atoms in total. The number of unbranched alkanes of at least 4 members (excludes halogenated alkanes) is 6. The van der Waals surface area contributed by atoms with Crippen LogP contribution in [-0.2, 0) is 28.6 Å². The number of carbonyl (C=O) groups excluding carboxylic acids is 3. The quantitative estimate of drug-likeness (QED) is 0.0626. The van der Waals surface area contributed by atoms with Crippen LogP contribution in [0.2, 0.25) is 0 Å². The van der Waals surface area contributed by atoms with Crippen molar-refractivity contribution in [3.05, 3.63) is 47.6 Å². The van der Waals surface area contributed by atoms with Crippen LogP contribution in [0.3, 0.4) is 0 Å². The summed E-state index contributed by atoms with van der Waals surface area (Å²) in [5, 5.41) is 0. The molecule has 0 aliphatic rings. The van der Waals surface area contributed by atoms with Gasteiger partial charge in [0.1, 0.15) is 6.61 Å². The molecule has 0 saturated heterocycles. The Morgan fingerprint density at radius 1 is 0.639 bits per heavy atom. The number of carbonyl (C=O) groups is 3. The van der Waals surface area contributed by atoms with Gasteiger partial charge in [-0.1, -0.05) is 75.7 Å². The van der Waals surface area contributed by atoms with E-state index < -0.39 is 11.9 Å². The Morgan fingerprint density at radius 3 is 1.58 bits per heavy atom. The third-order valence-electron chi connectivity index (χ3n) is 4.89. The molecule has 0 fully saturated rings. The maximum atomic E-state index is 11.3. The minimum absolute atomic E-state index is 0.282. The first-order valence-electron chi connectivity index (χ1n) is 13.4. The van der Waals surface area contributed by atoms with Crippen LogP contribution >= 0.6 is 0 Å². The Bertz CT molecular complexity index is 668. The van der Waals surface area contributed by atoms with Crippen molar-refractivity contribution in [3.8, 4) is 0 Å². The summed E-state index contributed by atoms with van der Waals surface area (Å²) in [7, 11) is 0. The monoisotopic (exact) mass is 506 g/mol. The normalized spacial score (nSPS) is 11.1. The molecule has 0 saturated carbocycles.